The second-order valence-corrected chi connectivity index (χ2v) is 6.56. The molecular weight excluding hydrogens is 342 g/mol. The minimum absolute atomic E-state index is 0.0659. The van der Waals surface area contributed by atoms with Gasteiger partial charge in [-0.15, -0.1) is 0 Å². The lowest BCUT2D eigenvalue weighted by Crippen LogP contribution is -2.34. The van der Waals surface area contributed by atoms with Crippen LogP contribution in [0, 0.1) is 0 Å². The first-order valence-corrected chi connectivity index (χ1v) is 8.88. The van der Waals surface area contributed by atoms with Crippen LogP contribution < -0.4 is 16.0 Å². The molecule has 0 saturated heterocycles. The first-order valence-electron chi connectivity index (χ1n) is 8.88. The molecule has 1 heterocycles. The zero-order valence-electron chi connectivity index (χ0n) is 15.4. The molecule has 7 heteroatoms. The number of anilines is 2. The molecule has 3 aromatic rings. The van der Waals surface area contributed by atoms with Crippen LogP contribution in [-0.2, 0) is 11.3 Å². The smallest absolute Gasteiger partial charge is 0.319 e. The zero-order chi connectivity index (χ0) is 19.2. The number of fused-ring (bicyclic) bond motifs is 1. The fourth-order valence-corrected chi connectivity index (χ4v) is 2.70. The number of nitrogens with one attached hydrogen (secondary N) is 3. The molecule has 0 spiro atoms. The predicted molar refractivity (Wildman–Crippen MR) is 107 cm³/mol. The van der Waals surface area contributed by atoms with Crippen LogP contribution in [0.2, 0.25) is 0 Å². The van der Waals surface area contributed by atoms with Gasteiger partial charge in [0.15, 0.2) is 0 Å². The largest absolute Gasteiger partial charge is 0.336 e. The highest BCUT2D eigenvalue weighted by molar-refractivity contribution is 5.92. The van der Waals surface area contributed by atoms with Gasteiger partial charge in [0.05, 0.1) is 17.4 Å². The first kappa shape index (κ1) is 18.4. The quantitative estimate of drug-likeness (QED) is 0.624. The van der Waals surface area contributed by atoms with Gasteiger partial charge in [0.2, 0.25) is 5.91 Å². The number of amides is 3. The number of aromatic nitrogens is 2. The number of hydrogen-bond acceptors (Lipinski definition) is 3. The average molecular weight is 365 g/mol. The van der Waals surface area contributed by atoms with Crippen molar-refractivity contribution in [3.05, 3.63) is 54.9 Å². The Labute approximate surface area is 157 Å². The average Bonchev–Trinajstić information content (AvgIpc) is 3.04. The van der Waals surface area contributed by atoms with E-state index >= 15 is 0 Å². The van der Waals surface area contributed by atoms with Crippen LogP contribution in [0.25, 0.3) is 11.0 Å². The molecule has 0 aliphatic heterocycles. The maximum absolute atomic E-state index is 12.2. The van der Waals surface area contributed by atoms with E-state index in [2.05, 4.69) is 20.9 Å². The minimum Gasteiger partial charge on any atom is -0.336 e. The number of aryl methyl sites for hydroxylation is 1. The number of rotatable bonds is 6. The maximum Gasteiger partial charge on any atom is 0.319 e. The van der Waals surface area contributed by atoms with Crippen molar-refractivity contribution in [2.45, 2.75) is 32.9 Å². The molecule has 140 valence electrons. The SMILES string of the molecule is CC(C)NC(=O)Nc1ccc(NC(=O)CCn2cnc3ccccc32)cc1. The molecule has 7 nitrogen and oxygen atoms in total. The summed E-state index contributed by atoms with van der Waals surface area (Å²) in [6.45, 7) is 4.34. The van der Waals surface area contributed by atoms with E-state index in [-0.39, 0.29) is 18.0 Å². The van der Waals surface area contributed by atoms with Gasteiger partial charge < -0.3 is 20.5 Å². The van der Waals surface area contributed by atoms with Crippen molar-refractivity contribution in [2.75, 3.05) is 10.6 Å². The van der Waals surface area contributed by atoms with Crippen molar-refractivity contribution in [2.24, 2.45) is 0 Å². The lowest BCUT2D eigenvalue weighted by molar-refractivity contribution is -0.116. The summed E-state index contributed by atoms with van der Waals surface area (Å²) in [5, 5.41) is 8.36. The molecule has 0 saturated carbocycles. The Kier molecular flexibility index (Phi) is 5.71. The van der Waals surface area contributed by atoms with Crippen LogP contribution in [0.4, 0.5) is 16.2 Å². The summed E-state index contributed by atoms with van der Waals surface area (Å²) < 4.78 is 1.97. The third-order valence-corrected chi connectivity index (χ3v) is 3.95. The van der Waals surface area contributed by atoms with Gasteiger partial charge in [-0.1, -0.05) is 12.1 Å². The van der Waals surface area contributed by atoms with Gasteiger partial charge in [-0.3, -0.25) is 4.79 Å². The number of carbonyl (C=O) groups excluding carboxylic acids is 2. The van der Waals surface area contributed by atoms with E-state index in [1.54, 1.807) is 30.6 Å². The van der Waals surface area contributed by atoms with Crippen molar-refractivity contribution < 1.29 is 9.59 Å². The third-order valence-electron chi connectivity index (χ3n) is 3.95. The van der Waals surface area contributed by atoms with Crippen LogP contribution in [0.3, 0.4) is 0 Å². The summed E-state index contributed by atoms with van der Waals surface area (Å²) >= 11 is 0. The zero-order valence-corrected chi connectivity index (χ0v) is 15.4. The number of para-hydroxylation sites is 2. The fraction of sp³-hybridized carbons (Fsp3) is 0.250. The minimum atomic E-state index is -0.255. The standard InChI is InChI=1S/C20H23N5O2/c1-14(2)22-20(27)24-16-9-7-15(8-10-16)23-19(26)11-12-25-13-21-17-5-3-4-6-18(17)25/h3-10,13-14H,11-12H2,1-2H3,(H,23,26)(H2,22,24,27). The van der Waals surface area contributed by atoms with Crippen molar-refractivity contribution >= 4 is 34.3 Å². The summed E-state index contributed by atoms with van der Waals surface area (Å²) in [5.74, 6) is -0.0777. The molecule has 3 amide bonds. The predicted octanol–water partition coefficient (Wildman–Crippen LogP) is 3.60. The molecule has 0 atom stereocenters. The molecule has 3 rings (SSSR count). The van der Waals surface area contributed by atoms with Gasteiger partial charge in [-0.2, -0.15) is 0 Å². The Morgan fingerprint density at radius 2 is 1.67 bits per heavy atom. The number of hydrogen-bond donors (Lipinski definition) is 3. The van der Waals surface area contributed by atoms with Crippen LogP contribution >= 0.6 is 0 Å². The van der Waals surface area contributed by atoms with Crippen molar-refractivity contribution in [3.63, 3.8) is 0 Å². The van der Waals surface area contributed by atoms with E-state index in [1.165, 1.54) is 0 Å². The van der Waals surface area contributed by atoms with Crippen LogP contribution in [-0.4, -0.2) is 27.5 Å². The van der Waals surface area contributed by atoms with Crippen LogP contribution in [0.15, 0.2) is 54.9 Å². The van der Waals surface area contributed by atoms with Gasteiger partial charge in [0.25, 0.3) is 0 Å². The van der Waals surface area contributed by atoms with Crippen LogP contribution in [0.1, 0.15) is 20.3 Å². The molecule has 3 N–H and O–H groups in total. The highest BCUT2D eigenvalue weighted by atomic mass is 16.2. The molecule has 27 heavy (non-hydrogen) atoms. The molecule has 0 aliphatic carbocycles. The Bertz CT molecular complexity index is 931. The van der Waals surface area contributed by atoms with E-state index in [0.717, 1.165) is 11.0 Å². The maximum atomic E-state index is 12.2. The third kappa shape index (κ3) is 5.07. The molecule has 1 aromatic heterocycles. The summed E-state index contributed by atoms with van der Waals surface area (Å²) in [5.41, 5.74) is 3.28. The molecule has 0 radical (unpaired) electrons. The lowest BCUT2D eigenvalue weighted by Gasteiger charge is -2.11. The summed E-state index contributed by atoms with van der Waals surface area (Å²) in [7, 11) is 0. The molecule has 0 bridgehead atoms. The fourth-order valence-electron chi connectivity index (χ4n) is 2.70. The highest BCUT2D eigenvalue weighted by Crippen LogP contribution is 2.15. The second-order valence-electron chi connectivity index (χ2n) is 6.56. The number of urea groups is 1. The van der Waals surface area contributed by atoms with E-state index in [9.17, 15) is 9.59 Å². The molecular formula is C20H23N5O2. The molecule has 0 fully saturated rings. The number of nitrogens with zero attached hydrogens (tertiary/aromatic N) is 2. The van der Waals surface area contributed by atoms with Crippen molar-refractivity contribution in [1.82, 2.24) is 14.9 Å². The number of carbonyl (C=O) groups is 2. The topological polar surface area (TPSA) is 88.0 Å². The van der Waals surface area contributed by atoms with Crippen molar-refractivity contribution in [1.29, 1.82) is 0 Å². The molecule has 0 unspecified atom stereocenters. The number of imidazole rings is 1. The van der Waals surface area contributed by atoms with Gasteiger partial charge in [-0.25, -0.2) is 9.78 Å². The van der Waals surface area contributed by atoms with E-state index in [0.29, 0.717) is 24.3 Å². The van der Waals surface area contributed by atoms with Gasteiger partial charge >= 0.3 is 6.03 Å². The van der Waals surface area contributed by atoms with E-state index in [4.69, 9.17) is 0 Å². The highest BCUT2D eigenvalue weighted by Gasteiger charge is 2.07. The Balaban J connectivity index is 1.51. The molecule has 2 aromatic carbocycles. The van der Waals surface area contributed by atoms with E-state index < -0.39 is 0 Å². The van der Waals surface area contributed by atoms with Gasteiger partial charge in [-0.05, 0) is 50.2 Å². The van der Waals surface area contributed by atoms with E-state index in [1.807, 2.05) is 42.7 Å². The Morgan fingerprint density at radius 3 is 2.37 bits per heavy atom. The summed E-state index contributed by atoms with van der Waals surface area (Å²) in [6, 6.07) is 14.7. The monoisotopic (exact) mass is 365 g/mol. The summed E-state index contributed by atoms with van der Waals surface area (Å²) in [6.07, 6.45) is 2.10. The van der Waals surface area contributed by atoms with Crippen LogP contribution in [0.5, 0.6) is 0 Å². The number of benzene rings is 2. The molecule has 0 aliphatic rings. The normalized spacial score (nSPS) is 10.8. The van der Waals surface area contributed by atoms with Gasteiger partial charge in [0, 0.05) is 30.4 Å². The second kappa shape index (κ2) is 8.35. The lowest BCUT2D eigenvalue weighted by atomic mass is 10.2. The Morgan fingerprint density at radius 1 is 1.00 bits per heavy atom. The van der Waals surface area contributed by atoms with Gasteiger partial charge in [0.1, 0.15) is 0 Å². The summed E-state index contributed by atoms with van der Waals surface area (Å²) in [4.78, 5) is 28.2. The first-order chi connectivity index (χ1) is 13.0. The Hall–Kier alpha value is -3.35. The van der Waals surface area contributed by atoms with Crippen molar-refractivity contribution in [3.8, 4) is 0 Å².